The van der Waals surface area contributed by atoms with E-state index in [2.05, 4.69) is 5.32 Å². The molecule has 0 amide bonds. The van der Waals surface area contributed by atoms with Gasteiger partial charge in [-0.15, -0.1) is 0 Å². The van der Waals surface area contributed by atoms with E-state index >= 15 is 0 Å². The zero-order valence-corrected chi connectivity index (χ0v) is 5.50. The van der Waals surface area contributed by atoms with Crippen molar-refractivity contribution < 1.29 is 14.9 Å². The van der Waals surface area contributed by atoms with Gasteiger partial charge in [0.15, 0.2) is 0 Å². The molecule has 0 bridgehead atoms. The molecule has 56 valence electrons. The predicted molar refractivity (Wildman–Crippen MR) is 33.0 cm³/mol. The number of aliphatic hydroxyl groups excluding tert-OH is 2. The first-order chi connectivity index (χ1) is 4.35. The van der Waals surface area contributed by atoms with E-state index < -0.39 is 0 Å². The lowest BCUT2D eigenvalue weighted by molar-refractivity contribution is 0.0226. The summed E-state index contributed by atoms with van der Waals surface area (Å²) in [7, 11) is 1.49. The van der Waals surface area contributed by atoms with Gasteiger partial charge in [-0.25, -0.2) is 0 Å². The molecule has 9 heavy (non-hydrogen) atoms. The maximum atomic E-state index is 8.48. The minimum Gasteiger partial charge on any atom is -0.395 e. The molecule has 0 rings (SSSR count). The van der Waals surface area contributed by atoms with Gasteiger partial charge in [-0.3, -0.25) is 5.32 Å². The molecule has 4 heteroatoms. The van der Waals surface area contributed by atoms with Crippen LogP contribution in [-0.2, 0) is 4.74 Å². The van der Waals surface area contributed by atoms with Crippen LogP contribution < -0.4 is 5.32 Å². The van der Waals surface area contributed by atoms with Crippen LogP contribution in [0.3, 0.4) is 0 Å². The SMILES string of the molecule is COC(CO)NCCO. The summed E-state index contributed by atoms with van der Waals surface area (Å²) in [5.74, 6) is 0. The molecule has 0 aliphatic carbocycles. The van der Waals surface area contributed by atoms with E-state index in [4.69, 9.17) is 14.9 Å². The first kappa shape index (κ1) is 8.84. The second-order valence-corrected chi connectivity index (χ2v) is 1.58. The second kappa shape index (κ2) is 5.97. The van der Waals surface area contributed by atoms with Crippen molar-refractivity contribution in [2.75, 3.05) is 26.9 Å². The van der Waals surface area contributed by atoms with Gasteiger partial charge in [0.05, 0.1) is 13.2 Å². The van der Waals surface area contributed by atoms with Gasteiger partial charge in [0.25, 0.3) is 0 Å². The minimum atomic E-state index is -0.350. The van der Waals surface area contributed by atoms with E-state index in [-0.39, 0.29) is 19.4 Å². The van der Waals surface area contributed by atoms with Gasteiger partial charge in [0, 0.05) is 13.7 Å². The van der Waals surface area contributed by atoms with Crippen LogP contribution in [0, 0.1) is 0 Å². The lowest BCUT2D eigenvalue weighted by Crippen LogP contribution is -2.35. The molecule has 0 fully saturated rings. The fraction of sp³-hybridized carbons (Fsp3) is 1.00. The second-order valence-electron chi connectivity index (χ2n) is 1.58. The van der Waals surface area contributed by atoms with Crippen LogP contribution in [0.2, 0.25) is 0 Å². The van der Waals surface area contributed by atoms with Crippen LogP contribution in [0.15, 0.2) is 0 Å². The molecule has 0 aliphatic rings. The standard InChI is InChI=1S/C5H13NO3/c1-9-5(4-8)6-2-3-7/h5-8H,2-4H2,1H3. The summed E-state index contributed by atoms with van der Waals surface area (Å²) in [6.07, 6.45) is -0.350. The van der Waals surface area contributed by atoms with E-state index in [1.165, 1.54) is 7.11 Å². The average Bonchev–Trinajstić information content (AvgIpc) is 1.91. The third kappa shape index (κ3) is 4.35. The van der Waals surface area contributed by atoms with Gasteiger partial charge in [-0.1, -0.05) is 0 Å². The molecule has 4 nitrogen and oxygen atoms in total. The summed E-state index contributed by atoms with van der Waals surface area (Å²) in [6, 6.07) is 0. The molecule has 1 unspecified atom stereocenters. The number of rotatable bonds is 5. The van der Waals surface area contributed by atoms with Crippen LogP contribution >= 0.6 is 0 Å². The van der Waals surface area contributed by atoms with Crippen molar-refractivity contribution in [3.8, 4) is 0 Å². The van der Waals surface area contributed by atoms with Crippen LogP contribution in [-0.4, -0.2) is 43.3 Å². The van der Waals surface area contributed by atoms with Crippen molar-refractivity contribution in [3.63, 3.8) is 0 Å². The Morgan fingerprint density at radius 3 is 2.56 bits per heavy atom. The van der Waals surface area contributed by atoms with Crippen molar-refractivity contribution in [3.05, 3.63) is 0 Å². The Morgan fingerprint density at radius 1 is 1.56 bits per heavy atom. The Kier molecular flexibility index (Phi) is 5.86. The van der Waals surface area contributed by atoms with Gasteiger partial charge in [0.1, 0.15) is 6.23 Å². The normalized spacial score (nSPS) is 13.7. The molecule has 0 saturated heterocycles. The highest BCUT2D eigenvalue weighted by molar-refractivity contribution is 4.50. The molecule has 0 aromatic carbocycles. The minimum absolute atomic E-state index is 0.0554. The topological polar surface area (TPSA) is 61.7 Å². The van der Waals surface area contributed by atoms with E-state index in [0.29, 0.717) is 6.54 Å². The molecular weight excluding hydrogens is 122 g/mol. The zero-order chi connectivity index (χ0) is 7.11. The fourth-order valence-electron chi connectivity index (χ4n) is 0.448. The van der Waals surface area contributed by atoms with Crippen molar-refractivity contribution in [2.45, 2.75) is 6.23 Å². The van der Waals surface area contributed by atoms with Crippen LogP contribution in [0.5, 0.6) is 0 Å². The Balaban J connectivity index is 3.09. The summed E-state index contributed by atoms with van der Waals surface area (Å²) >= 11 is 0. The maximum Gasteiger partial charge on any atom is 0.131 e. The summed E-state index contributed by atoms with van der Waals surface area (Å²) in [4.78, 5) is 0. The molecule has 0 radical (unpaired) electrons. The highest BCUT2D eigenvalue weighted by atomic mass is 16.5. The van der Waals surface area contributed by atoms with Gasteiger partial charge in [-0.2, -0.15) is 0 Å². The Bertz CT molecular complexity index is 56.2. The van der Waals surface area contributed by atoms with Crippen molar-refractivity contribution in [2.24, 2.45) is 0 Å². The smallest absolute Gasteiger partial charge is 0.131 e. The van der Waals surface area contributed by atoms with Gasteiger partial charge in [0.2, 0.25) is 0 Å². The summed E-state index contributed by atoms with van der Waals surface area (Å²) in [5, 5.41) is 19.5. The molecule has 0 aliphatic heterocycles. The van der Waals surface area contributed by atoms with E-state index in [0.717, 1.165) is 0 Å². The highest BCUT2D eigenvalue weighted by Gasteiger charge is 2.00. The zero-order valence-electron chi connectivity index (χ0n) is 5.50. The third-order valence-electron chi connectivity index (χ3n) is 0.934. The van der Waals surface area contributed by atoms with Crippen molar-refractivity contribution in [1.29, 1.82) is 0 Å². The Hall–Kier alpha value is -0.160. The van der Waals surface area contributed by atoms with Crippen LogP contribution in [0.1, 0.15) is 0 Å². The summed E-state index contributed by atoms with van der Waals surface area (Å²) in [6.45, 7) is 0.426. The highest BCUT2D eigenvalue weighted by Crippen LogP contribution is 1.79. The van der Waals surface area contributed by atoms with Crippen molar-refractivity contribution in [1.82, 2.24) is 5.32 Å². The number of hydrogen-bond donors (Lipinski definition) is 3. The van der Waals surface area contributed by atoms with E-state index in [1.807, 2.05) is 0 Å². The number of nitrogens with one attached hydrogen (secondary N) is 1. The van der Waals surface area contributed by atoms with Gasteiger partial charge < -0.3 is 14.9 Å². The molecule has 0 aromatic heterocycles. The number of ether oxygens (including phenoxy) is 1. The molecule has 0 aromatic rings. The molecule has 3 N–H and O–H groups in total. The van der Waals surface area contributed by atoms with E-state index in [1.54, 1.807) is 0 Å². The van der Waals surface area contributed by atoms with Gasteiger partial charge in [-0.05, 0) is 0 Å². The van der Waals surface area contributed by atoms with E-state index in [9.17, 15) is 0 Å². The molecule has 0 saturated carbocycles. The first-order valence-electron chi connectivity index (χ1n) is 2.83. The molecule has 0 spiro atoms. The number of hydrogen-bond acceptors (Lipinski definition) is 4. The Morgan fingerprint density at radius 2 is 2.22 bits per heavy atom. The maximum absolute atomic E-state index is 8.48. The third-order valence-corrected chi connectivity index (χ3v) is 0.934. The monoisotopic (exact) mass is 135 g/mol. The first-order valence-corrected chi connectivity index (χ1v) is 2.83. The summed E-state index contributed by atoms with van der Waals surface area (Å²) < 4.78 is 4.73. The lowest BCUT2D eigenvalue weighted by Gasteiger charge is -2.12. The Labute approximate surface area is 54.5 Å². The fourth-order valence-corrected chi connectivity index (χ4v) is 0.448. The number of aliphatic hydroxyl groups is 2. The quantitative estimate of drug-likeness (QED) is 0.403. The molecule has 1 atom stereocenters. The largest absolute Gasteiger partial charge is 0.395 e. The van der Waals surface area contributed by atoms with Crippen molar-refractivity contribution >= 4 is 0 Å². The van der Waals surface area contributed by atoms with Crippen LogP contribution in [0.25, 0.3) is 0 Å². The molecule has 0 heterocycles. The van der Waals surface area contributed by atoms with Crippen LogP contribution in [0.4, 0.5) is 0 Å². The molecular formula is C5H13NO3. The lowest BCUT2D eigenvalue weighted by atomic mass is 10.5. The predicted octanol–water partition coefficient (Wildman–Crippen LogP) is -1.47. The summed E-state index contributed by atoms with van der Waals surface area (Å²) in [5.41, 5.74) is 0. The van der Waals surface area contributed by atoms with Gasteiger partial charge >= 0.3 is 0 Å². The average molecular weight is 135 g/mol. The number of methoxy groups -OCH3 is 1.